The smallest absolute Gasteiger partial charge is 0.438 e. The quantitative estimate of drug-likeness (QED) is 0.712. The molecule has 0 atom stereocenters. The number of amides is 1. The van der Waals surface area contributed by atoms with Gasteiger partial charge >= 0.3 is 6.09 Å². The van der Waals surface area contributed by atoms with Gasteiger partial charge < -0.3 is 4.74 Å². The third-order valence-corrected chi connectivity index (χ3v) is 1.91. The van der Waals surface area contributed by atoms with Crippen molar-refractivity contribution in [2.24, 2.45) is 0 Å². The van der Waals surface area contributed by atoms with Crippen LogP contribution in [0.25, 0.3) is 0 Å². The molecule has 1 rings (SSSR count). The Morgan fingerprint density at radius 1 is 1.36 bits per heavy atom. The van der Waals surface area contributed by atoms with Gasteiger partial charge in [0.15, 0.2) is 0 Å². The molecule has 1 amide bonds. The zero-order chi connectivity index (χ0) is 10.6. The molecule has 0 heterocycles. The molecule has 0 aliphatic carbocycles. The summed E-state index contributed by atoms with van der Waals surface area (Å²) >= 11 is 5.87. The van der Waals surface area contributed by atoms with Gasteiger partial charge in [0.05, 0.1) is 24.9 Å². The highest BCUT2D eigenvalue weighted by atomic mass is 35.5. The van der Waals surface area contributed by atoms with Gasteiger partial charge in [0.2, 0.25) is 0 Å². The Bertz CT molecular complexity index is 330. The van der Waals surface area contributed by atoms with Gasteiger partial charge in [0, 0.05) is 0 Å². The molecule has 0 bridgehead atoms. The predicted octanol–water partition coefficient (Wildman–Crippen LogP) is 2.47. The van der Waals surface area contributed by atoms with Crippen LogP contribution < -0.4 is 5.06 Å². The van der Waals surface area contributed by atoms with E-state index < -0.39 is 6.09 Å². The maximum absolute atomic E-state index is 11.2. The first-order valence-electron chi connectivity index (χ1n) is 3.87. The van der Waals surface area contributed by atoms with Crippen LogP contribution in [0.3, 0.4) is 0 Å². The summed E-state index contributed by atoms with van der Waals surface area (Å²) in [6.45, 7) is 0. The number of rotatable bonds is 2. The zero-order valence-electron chi connectivity index (χ0n) is 7.86. The molecule has 0 spiro atoms. The van der Waals surface area contributed by atoms with Gasteiger partial charge in [-0.3, -0.25) is 4.84 Å². The molecular formula is C9H10ClNO3. The van der Waals surface area contributed by atoms with Crippen LogP contribution in [-0.2, 0) is 9.57 Å². The fraction of sp³-hybridized carbons (Fsp3) is 0.222. The van der Waals surface area contributed by atoms with Crippen molar-refractivity contribution in [2.45, 2.75) is 0 Å². The molecule has 0 aromatic heterocycles. The van der Waals surface area contributed by atoms with Crippen LogP contribution in [-0.4, -0.2) is 20.3 Å². The van der Waals surface area contributed by atoms with E-state index in [4.69, 9.17) is 16.4 Å². The molecule has 0 aliphatic rings. The summed E-state index contributed by atoms with van der Waals surface area (Å²) < 4.78 is 4.52. The second-order valence-corrected chi connectivity index (χ2v) is 2.81. The summed E-state index contributed by atoms with van der Waals surface area (Å²) in [6, 6.07) is 6.82. The molecular weight excluding hydrogens is 206 g/mol. The summed E-state index contributed by atoms with van der Waals surface area (Å²) in [5.74, 6) is 0. The van der Waals surface area contributed by atoms with Crippen LogP contribution in [0.2, 0.25) is 5.02 Å². The first kappa shape index (κ1) is 10.8. The fourth-order valence-electron chi connectivity index (χ4n) is 0.971. The number of carbonyl (C=O) groups is 1. The van der Waals surface area contributed by atoms with E-state index in [-0.39, 0.29) is 0 Å². The van der Waals surface area contributed by atoms with Crippen molar-refractivity contribution in [2.75, 3.05) is 19.3 Å². The van der Waals surface area contributed by atoms with Crippen LogP contribution in [0.15, 0.2) is 24.3 Å². The molecule has 0 saturated carbocycles. The molecule has 76 valence electrons. The van der Waals surface area contributed by atoms with Crippen molar-refractivity contribution in [3.05, 3.63) is 29.3 Å². The monoisotopic (exact) mass is 215 g/mol. The Hall–Kier alpha value is -1.26. The number of hydrogen-bond acceptors (Lipinski definition) is 3. The third-order valence-electron chi connectivity index (χ3n) is 1.59. The van der Waals surface area contributed by atoms with E-state index in [1.807, 2.05) is 0 Å². The summed E-state index contributed by atoms with van der Waals surface area (Å²) in [5.41, 5.74) is 0.448. The van der Waals surface area contributed by atoms with Gasteiger partial charge in [0.25, 0.3) is 0 Å². The number of ether oxygens (including phenoxy) is 1. The third kappa shape index (κ3) is 2.16. The first-order chi connectivity index (χ1) is 6.70. The minimum absolute atomic E-state index is 0.416. The number of carbonyl (C=O) groups excluding carboxylic acids is 1. The highest BCUT2D eigenvalue weighted by Gasteiger charge is 2.17. The maximum Gasteiger partial charge on any atom is 0.438 e. The number of benzene rings is 1. The standard InChI is InChI=1S/C9H10ClNO3/c1-13-9(12)11(14-2)8-6-4-3-5-7(8)10/h3-6H,1-2H3. The highest BCUT2D eigenvalue weighted by molar-refractivity contribution is 6.33. The number of methoxy groups -OCH3 is 1. The van der Waals surface area contributed by atoms with E-state index >= 15 is 0 Å². The average Bonchev–Trinajstić information content (AvgIpc) is 2.21. The van der Waals surface area contributed by atoms with Gasteiger partial charge in [0.1, 0.15) is 0 Å². The number of halogens is 1. The number of hydrogen-bond donors (Lipinski definition) is 0. The Morgan fingerprint density at radius 2 is 2.00 bits per heavy atom. The van der Waals surface area contributed by atoms with Crippen LogP contribution in [0.1, 0.15) is 0 Å². The number of hydroxylamine groups is 1. The van der Waals surface area contributed by atoms with Gasteiger partial charge in [-0.2, -0.15) is 5.06 Å². The molecule has 1 aromatic carbocycles. The van der Waals surface area contributed by atoms with E-state index in [0.717, 1.165) is 5.06 Å². The SMILES string of the molecule is COC(=O)N(OC)c1ccccc1Cl. The van der Waals surface area contributed by atoms with E-state index in [2.05, 4.69) is 4.74 Å². The molecule has 0 N–H and O–H groups in total. The minimum Gasteiger partial charge on any atom is -0.451 e. The second kappa shape index (κ2) is 4.83. The van der Waals surface area contributed by atoms with Crippen molar-refractivity contribution >= 4 is 23.4 Å². The lowest BCUT2D eigenvalue weighted by atomic mass is 10.3. The predicted molar refractivity (Wildman–Crippen MR) is 53.3 cm³/mol. The van der Waals surface area contributed by atoms with Crippen molar-refractivity contribution in [1.82, 2.24) is 0 Å². The number of nitrogens with zero attached hydrogens (tertiary/aromatic N) is 1. The van der Waals surface area contributed by atoms with Crippen molar-refractivity contribution < 1.29 is 14.4 Å². The van der Waals surface area contributed by atoms with Crippen molar-refractivity contribution in [3.8, 4) is 0 Å². The Kier molecular flexibility index (Phi) is 3.73. The summed E-state index contributed by atoms with van der Waals surface area (Å²) in [6.07, 6.45) is -0.624. The summed E-state index contributed by atoms with van der Waals surface area (Å²) in [4.78, 5) is 16.1. The fourth-order valence-corrected chi connectivity index (χ4v) is 1.18. The Balaban J connectivity index is 3.01. The molecule has 0 saturated heterocycles. The Morgan fingerprint density at radius 3 is 2.50 bits per heavy atom. The van der Waals surface area contributed by atoms with Gasteiger partial charge in [-0.15, -0.1) is 0 Å². The van der Waals surface area contributed by atoms with Gasteiger partial charge in [-0.25, -0.2) is 4.79 Å². The van der Waals surface area contributed by atoms with Crippen LogP contribution in [0.4, 0.5) is 10.5 Å². The van der Waals surface area contributed by atoms with E-state index in [1.54, 1.807) is 24.3 Å². The molecule has 0 unspecified atom stereocenters. The zero-order valence-corrected chi connectivity index (χ0v) is 8.62. The number of para-hydroxylation sites is 1. The lowest BCUT2D eigenvalue weighted by Gasteiger charge is -2.18. The van der Waals surface area contributed by atoms with Crippen LogP contribution in [0, 0.1) is 0 Å². The van der Waals surface area contributed by atoms with Crippen molar-refractivity contribution in [1.29, 1.82) is 0 Å². The second-order valence-electron chi connectivity index (χ2n) is 2.40. The first-order valence-corrected chi connectivity index (χ1v) is 4.25. The van der Waals surface area contributed by atoms with Gasteiger partial charge in [-0.05, 0) is 12.1 Å². The van der Waals surface area contributed by atoms with Crippen LogP contribution in [0.5, 0.6) is 0 Å². The number of anilines is 1. The molecule has 0 radical (unpaired) electrons. The van der Waals surface area contributed by atoms with Gasteiger partial charge in [-0.1, -0.05) is 23.7 Å². The van der Waals surface area contributed by atoms with Crippen LogP contribution >= 0.6 is 11.6 Å². The Labute approximate surface area is 86.9 Å². The molecule has 0 fully saturated rings. The minimum atomic E-state index is -0.624. The topological polar surface area (TPSA) is 38.8 Å². The summed E-state index contributed by atoms with van der Waals surface area (Å²) in [7, 11) is 2.63. The summed E-state index contributed by atoms with van der Waals surface area (Å²) in [5, 5.41) is 1.39. The molecule has 1 aromatic rings. The average molecular weight is 216 g/mol. The normalized spacial score (nSPS) is 9.64. The molecule has 0 aliphatic heterocycles. The highest BCUT2D eigenvalue weighted by Crippen LogP contribution is 2.25. The molecule has 5 heteroatoms. The van der Waals surface area contributed by atoms with E-state index in [9.17, 15) is 4.79 Å². The lowest BCUT2D eigenvalue weighted by molar-refractivity contribution is 0.116. The molecule has 4 nitrogen and oxygen atoms in total. The maximum atomic E-state index is 11.2. The van der Waals surface area contributed by atoms with E-state index in [1.165, 1.54) is 14.2 Å². The lowest BCUT2D eigenvalue weighted by Crippen LogP contribution is -2.29. The molecule has 14 heavy (non-hydrogen) atoms. The van der Waals surface area contributed by atoms with E-state index in [0.29, 0.717) is 10.7 Å². The van der Waals surface area contributed by atoms with Crippen molar-refractivity contribution in [3.63, 3.8) is 0 Å². The largest absolute Gasteiger partial charge is 0.451 e.